The fourth-order valence-electron chi connectivity index (χ4n) is 1.29. The molecule has 0 aliphatic heterocycles. The van der Waals surface area contributed by atoms with Crippen molar-refractivity contribution in [2.75, 3.05) is 13.0 Å². The molecule has 1 atom stereocenters. The van der Waals surface area contributed by atoms with E-state index in [-0.39, 0.29) is 5.82 Å². The number of ether oxygens (including phenoxy) is 1. The molecule has 0 fully saturated rings. The standard InChI is InChI=1S/C12H16ClFOS/c1-9(6-7-13)16-8-10-4-3-5-11(15-2)12(10)14/h3-5,9H,6-8H2,1-2H3. The first kappa shape index (κ1) is 13.7. The predicted octanol–water partition coefficient (Wildman–Crippen LogP) is 4.08. The summed E-state index contributed by atoms with van der Waals surface area (Å²) < 4.78 is 18.7. The monoisotopic (exact) mass is 262 g/mol. The van der Waals surface area contributed by atoms with E-state index in [2.05, 4.69) is 6.92 Å². The van der Waals surface area contributed by atoms with E-state index in [0.29, 0.717) is 28.2 Å². The Morgan fingerprint density at radius 2 is 2.25 bits per heavy atom. The Labute approximate surface area is 105 Å². The van der Waals surface area contributed by atoms with Crippen LogP contribution in [-0.2, 0) is 5.75 Å². The number of hydrogen-bond donors (Lipinski definition) is 0. The Morgan fingerprint density at radius 1 is 1.50 bits per heavy atom. The minimum atomic E-state index is -0.254. The third kappa shape index (κ3) is 3.87. The lowest BCUT2D eigenvalue weighted by Crippen LogP contribution is -1.99. The average molecular weight is 263 g/mol. The number of rotatable bonds is 6. The van der Waals surface area contributed by atoms with Crippen molar-refractivity contribution in [3.8, 4) is 5.75 Å². The molecule has 0 aromatic heterocycles. The Hall–Kier alpha value is -0.410. The summed E-state index contributed by atoms with van der Waals surface area (Å²) in [6.07, 6.45) is 0.942. The highest BCUT2D eigenvalue weighted by atomic mass is 35.5. The predicted molar refractivity (Wildman–Crippen MR) is 69.0 cm³/mol. The van der Waals surface area contributed by atoms with Crippen LogP contribution >= 0.6 is 23.4 Å². The molecule has 0 aliphatic rings. The molecule has 0 bridgehead atoms. The summed E-state index contributed by atoms with van der Waals surface area (Å²) >= 11 is 7.36. The number of thioether (sulfide) groups is 1. The molecule has 0 aliphatic carbocycles. The van der Waals surface area contributed by atoms with Gasteiger partial charge < -0.3 is 4.74 Å². The van der Waals surface area contributed by atoms with Gasteiger partial charge in [-0.05, 0) is 12.5 Å². The second kappa shape index (κ2) is 7.02. The second-order valence-electron chi connectivity index (χ2n) is 3.53. The van der Waals surface area contributed by atoms with E-state index in [1.807, 2.05) is 6.07 Å². The molecule has 0 N–H and O–H groups in total. The van der Waals surface area contributed by atoms with E-state index in [9.17, 15) is 4.39 Å². The van der Waals surface area contributed by atoms with Crippen molar-refractivity contribution in [1.29, 1.82) is 0 Å². The lowest BCUT2D eigenvalue weighted by atomic mass is 10.2. The highest BCUT2D eigenvalue weighted by Gasteiger charge is 2.09. The minimum absolute atomic E-state index is 0.254. The second-order valence-corrected chi connectivity index (χ2v) is 5.34. The van der Waals surface area contributed by atoms with Crippen LogP contribution in [0.4, 0.5) is 4.39 Å². The molecule has 0 saturated carbocycles. The Balaban J connectivity index is 2.60. The van der Waals surface area contributed by atoms with Gasteiger partial charge in [0.2, 0.25) is 0 Å². The molecule has 0 radical (unpaired) electrons. The lowest BCUT2D eigenvalue weighted by molar-refractivity contribution is 0.385. The molecule has 90 valence electrons. The smallest absolute Gasteiger partial charge is 0.169 e. The first-order valence-electron chi connectivity index (χ1n) is 5.18. The van der Waals surface area contributed by atoms with Crippen LogP contribution in [0.5, 0.6) is 5.75 Å². The van der Waals surface area contributed by atoms with Gasteiger partial charge in [-0.1, -0.05) is 19.1 Å². The Kier molecular flexibility index (Phi) is 5.99. The van der Waals surface area contributed by atoms with Crippen molar-refractivity contribution in [2.45, 2.75) is 24.3 Å². The van der Waals surface area contributed by atoms with Gasteiger partial charge in [0.15, 0.2) is 11.6 Å². The summed E-state index contributed by atoms with van der Waals surface area (Å²) in [7, 11) is 1.48. The number of alkyl halides is 1. The fourth-order valence-corrected chi connectivity index (χ4v) is 2.72. The maximum Gasteiger partial charge on any atom is 0.169 e. The SMILES string of the molecule is COc1cccc(CSC(C)CCCl)c1F. The molecule has 1 aromatic rings. The summed E-state index contributed by atoms with van der Waals surface area (Å²) in [4.78, 5) is 0. The third-order valence-electron chi connectivity index (χ3n) is 2.30. The molecule has 1 unspecified atom stereocenters. The topological polar surface area (TPSA) is 9.23 Å². The van der Waals surface area contributed by atoms with E-state index in [1.54, 1.807) is 23.9 Å². The maximum absolute atomic E-state index is 13.7. The van der Waals surface area contributed by atoms with Crippen LogP contribution in [0.1, 0.15) is 18.9 Å². The minimum Gasteiger partial charge on any atom is -0.494 e. The van der Waals surface area contributed by atoms with Crippen molar-refractivity contribution in [2.24, 2.45) is 0 Å². The highest BCUT2D eigenvalue weighted by Crippen LogP contribution is 2.26. The molecule has 0 heterocycles. The summed E-state index contributed by atoms with van der Waals surface area (Å²) in [5.41, 5.74) is 0.686. The van der Waals surface area contributed by atoms with Crippen LogP contribution in [-0.4, -0.2) is 18.2 Å². The van der Waals surface area contributed by atoms with Crippen LogP contribution in [0.3, 0.4) is 0 Å². The third-order valence-corrected chi connectivity index (χ3v) is 3.80. The van der Waals surface area contributed by atoms with Gasteiger partial charge in [-0.15, -0.1) is 11.6 Å². The van der Waals surface area contributed by atoms with Crippen LogP contribution in [0.2, 0.25) is 0 Å². The van der Waals surface area contributed by atoms with Gasteiger partial charge in [0, 0.05) is 22.4 Å². The van der Waals surface area contributed by atoms with Crippen molar-refractivity contribution in [3.63, 3.8) is 0 Å². The first-order valence-corrected chi connectivity index (χ1v) is 6.76. The van der Waals surface area contributed by atoms with Gasteiger partial charge >= 0.3 is 0 Å². The largest absolute Gasteiger partial charge is 0.494 e. The molecule has 0 amide bonds. The molecule has 1 aromatic carbocycles. The highest BCUT2D eigenvalue weighted by molar-refractivity contribution is 7.99. The number of methoxy groups -OCH3 is 1. The summed E-state index contributed by atoms with van der Waals surface area (Å²) in [5.74, 6) is 1.36. The van der Waals surface area contributed by atoms with Crippen LogP contribution in [0, 0.1) is 5.82 Å². The Bertz CT molecular complexity index is 333. The van der Waals surface area contributed by atoms with Crippen LogP contribution in [0.25, 0.3) is 0 Å². The first-order chi connectivity index (χ1) is 7.69. The summed E-state index contributed by atoms with van der Waals surface area (Å²) in [6.45, 7) is 2.10. The van der Waals surface area contributed by atoms with Gasteiger partial charge in [0.1, 0.15) is 0 Å². The van der Waals surface area contributed by atoms with E-state index in [4.69, 9.17) is 16.3 Å². The van der Waals surface area contributed by atoms with E-state index >= 15 is 0 Å². The molecule has 0 spiro atoms. The summed E-state index contributed by atoms with van der Waals surface area (Å²) in [6, 6.07) is 5.23. The average Bonchev–Trinajstić information content (AvgIpc) is 2.28. The van der Waals surface area contributed by atoms with E-state index in [0.717, 1.165) is 6.42 Å². The zero-order chi connectivity index (χ0) is 12.0. The normalized spacial score (nSPS) is 12.5. The molecular weight excluding hydrogens is 247 g/mol. The number of hydrogen-bond acceptors (Lipinski definition) is 2. The zero-order valence-electron chi connectivity index (χ0n) is 9.50. The quantitative estimate of drug-likeness (QED) is 0.715. The molecular formula is C12H16ClFOS. The van der Waals surface area contributed by atoms with Crippen LogP contribution in [0.15, 0.2) is 18.2 Å². The van der Waals surface area contributed by atoms with E-state index in [1.165, 1.54) is 7.11 Å². The van der Waals surface area contributed by atoms with Crippen molar-refractivity contribution >= 4 is 23.4 Å². The van der Waals surface area contributed by atoms with Gasteiger partial charge in [-0.25, -0.2) is 4.39 Å². The number of benzene rings is 1. The molecule has 0 saturated heterocycles. The number of halogens is 2. The fraction of sp³-hybridized carbons (Fsp3) is 0.500. The van der Waals surface area contributed by atoms with Crippen LogP contribution < -0.4 is 4.74 Å². The molecule has 4 heteroatoms. The van der Waals surface area contributed by atoms with Gasteiger partial charge in [-0.3, -0.25) is 0 Å². The van der Waals surface area contributed by atoms with Gasteiger partial charge in [0.25, 0.3) is 0 Å². The van der Waals surface area contributed by atoms with E-state index < -0.39 is 0 Å². The lowest BCUT2D eigenvalue weighted by Gasteiger charge is -2.11. The Morgan fingerprint density at radius 3 is 2.88 bits per heavy atom. The van der Waals surface area contributed by atoms with Gasteiger partial charge in [-0.2, -0.15) is 11.8 Å². The van der Waals surface area contributed by atoms with Crippen molar-refractivity contribution in [1.82, 2.24) is 0 Å². The molecule has 16 heavy (non-hydrogen) atoms. The maximum atomic E-state index is 13.7. The zero-order valence-corrected chi connectivity index (χ0v) is 11.1. The molecule has 1 rings (SSSR count). The molecule has 1 nitrogen and oxygen atoms in total. The van der Waals surface area contributed by atoms with Gasteiger partial charge in [0.05, 0.1) is 7.11 Å². The van der Waals surface area contributed by atoms with Crippen molar-refractivity contribution in [3.05, 3.63) is 29.6 Å². The summed E-state index contributed by atoms with van der Waals surface area (Å²) in [5, 5.41) is 0.447. The van der Waals surface area contributed by atoms with Crippen molar-refractivity contribution < 1.29 is 9.13 Å².